The van der Waals surface area contributed by atoms with E-state index in [0.29, 0.717) is 0 Å². The predicted octanol–water partition coefficient (Wildman–Crippen LogP) is 5.41. The molecule has 0 aliphatic rings. The van der Waals surface area contributed by atoms with E-state index in [-0.39, 0.29) is 0 Å². The van der Waals surface area contributed by atoms with Crippen molar-refractivity contribution in [3.8, 4) is 0 Å². The molecule has 1 heterocycles. The molecule has 21 heavy (non-hydrogen) atoms. The lowest BCUT2D eigenvalue weighted by Crippen LogP contribution is -2.14. The Morgan fingerprint density at radius 3 is 2.71 bits per heavy atom. The minimum Gasteiger partial charge on any atom is -0.458 e. The molecule has 1 aromatic heterocycles. The highest BCUT2D eigenvalue weighted by Gasteiger charge is 2.16. The molecule has 0 saturated carbocycles. The van der Waals surface area contributed by atoms with Crippen molar-refractivity contribution in [1.29, 1.82) is 0 Å². The summed E-state index contributed by atoms with van der Waals surface area (Å²) in [6.07, 6.45) is 2.12. The number of aryl methyl sites for hydroxylation is 1. The first-order chi connectivity index (χ1) is 10.3. The maximum Gasteiger partial charge on any atom is 0.149 e. The van der Waals surface area contributed by atoms with Gasteiger partial charge in [-0.1, -0.05) is 38.1 Å². The second kappa shape index (κ2) is 6.20. The van der Waals surface area contributed by atoms with Crippen molar-refractivity contribution in [3.05, 3.63) is 46.1 Å². The van der Waals surface area contributed by atoms with E-state index in [1.54, 1.807) is 0 Å². The van der Waals surface area contributed by atoms with Crippen LogP contribution in [0.1, 0.15) is 31.6 Å². The van der Waals surface area contributed by atoms with Crippen LogP contribution < -0.4 is 5.32 Å². The molecule has 0 bridgehead atoms. The van der Waals surface area contributed by atoms with Crippen LogP contribution in [0.5, 0.6) is 0 Å². The molecule has 0 saturated heterocycles. The number of nitrogens with one attached hydrogen (secondary N) is 1. The lowest BCUT2D eigenvalue weighted by molar-refractivity contribution is 0.507. The molecule has 0 spiro atoms. The number of rotatable bonds is 5. The Hall–Kier alpha value is -1.32. The van der Waals surface area contributed by atoms with Crippen LogP contribution >= 0.6 is 15.9 Å². The fourth-order valence-electron chi connectivity index (χ4n) is 2.85. The molecule has 0 unspecified atom stereocenters. The third-order valence-corrected chi connectivity index (χ3v) is 4.68. The third kappa shape index (κ3) is 2.60. The van der Waals surface area contributed by atoms with E-state index >= 15 is 0 Å². The predicted molar refractivity (Wildman–Crippen MR) is 92.8 cm³/mol. The van der Waals surface area contributed by atoms with Crippen molar-refractivity contribution in [2.45, 2.75) is 33.2 Å². The Labute approximate surface area is 133 Å². The first kappa shape index (κ1) is 14.6. The van der Waals surface area contributed by atoms with E-state index in [0.717, 1.165) is 41.7 Å². The van der Waals surface area contributed by atoms with Crippen LogP contribution in [0.4, 0.5) is 0 Å². The van der Waals surface area contributed by atoms with Crippen LogP contribution in [0, 0.1) is 0 Å². The van der Waals surface area contributed by atoms with Gasteiger partial charge in [0.1, 0.15) is 11.3 Å². The summed E-state index contributed by atoms with van der Waals surface area (Å²) in [6.45, 7) is 6.18. The van der Waals surface area contributed by atoms with Crippen molar-refractivity contribution in [3.63, 3.8) is 0 Å². The van der Waals surface area contributed by atoms with Crippen molar-refractivity contribution in [2.24, 2.45) is 0 Å². The molecule has 0 amide bonds. The van der Waals surface area contributed by atoms with E-state index in [1.807, 2.05) is 0 Å². The molecule has 3 heteroatoms. The Morgan fingerprint density at radius 2 is 1.95 bits per heavy atom. The Balaban J connectivity index is 2.18. The van der Waals surface area contributed by atoms with Gasteiger partial charge in [0.25, 0.3) is 0 Å². The van der Waals surface area contributed by atoms with Crippen molar-refractivity contribution >= 4 is 37.7 Å². The fraction of sp³-hybridized carbons (Fsp3) is 0.333. The number of hydrogen-bond donors (Lipinski definition) is 1. The zero-order valence-electron chi connectivity index (χ0n) is 12.5. The van der Waals surface area contributed by atoms with Crippen LogP contribution in [-0.4, -0.2) is 6.54 Å². The average molecular weight is 346 g/mol. The van der Waals surface area contributed by atoms with E-state index in [2.05, 4.69) is 65.4 Å². The molecule has 0 aliphatic heterocycles. The molecule has 3 aromatic rings. The van der Waals surface area contributed by atoms with Gasteiger partial charge in [-0.05, 0) is 52.2 Å². The standard InChI is InChI=1S/C18H20BrNO/c1-3-9-20-11-16-13(4-2)15-10-12-7-5-6-8-14(12)17(19)18(15)21-16/h5-8,10,20H,3-4,9,11H2,1-2H3. The molecule has 110 valence electrons. The number of fused-ring (bicyclic) bond motifs is 2. The lowest BCUT2D eigenvalue weighted by Gasteiger charge is -2.02. The SMILES string of the molecule is CCCNCc1oc2c(Br)c3ccccc3cc2c1CC. The second-order valence-electron chi connectivity index (χ2n) is 5.32. The maximum atomic E-state index is 6.17. The molecule has 2 nitrogen and oxygen atoms in total. The van der Waals surface area contributed by atoms with Crippen molar-refractivity contribution in [1.82, 2.24) is 5.32 Å². The zero-order chi connectivity index (χ0) is 14.8. The Morgan fingerprint density at radius 1 is 1.14 bits per heavy atom. The quantitative estimate of drug-likeness (QED) is 0.625. The van der Waals surface area contributed by atoms with Crippen molar-refractivity contribution in [2.75, 3.05) is 6.54 Å². The van der Waals surface area contributed by atoms with Gasteiger partial charge in [0, 0.05) is 10.9 Å². The van der Waals surface area contributed by atoms with Crippen LogP contribution in [0.15, 0.2) is 39.2 Å². The summed E-state index contributed by atoms with van der Waals surface area (Å²) in [5.74, 6) is 1.07. The minimum absolute atomic E-state index is 0.800. The Bertz CT molecular complexity index is 776. The summed E-state index contributed by atoms with van der Waals surface area (Å²) in [4.78, 5) is 0. The van der Waals surface area contributed by atoms with Gasteiger partial charge >= 0.3 is 0 Å². The van der Waals surface area contributed by atoms with Gasteiger partial charge in [-0.3, -0.25) is 0 Å². The normalized spacial score (nSPS) is 11.6. The summed E-state index contributed by atoms with van der Waals surface area (Å²) >= 11 is 3.73. The first-order valence-corrected chi connectivity index (χ1v) is 8.37. The van der Waals surface area contributed by atoms with Crippen LogP contribution in [0.25, 0.3) is 21.7 Å². The summed E-state index contributed by atoms with van der Waals surface area (Å²) in [5.41, 5.74) is 2.29. The van der Waals surface area contributed by atoms with E-state index in [4.69, 9.17) is 4.42 Å². The van der Waals surface area contributed by atoms with E-state index in [1.165, 1.54) is 21.7 Å². The smallest absolute Gasteiger partial charge is 0.149 e. The first-order valence-electron chi connectivity index (χ1n) is 7.58. The summed E-state index contributed by atoms with van der Waals surface area (Å²) in [5, 5.41) is 7.13. The average Bonchev–Trinajstić information content (AvgIpc) is 2.86. The molecule has 0 radical (unpaired) electrons. The highest BCUT2D eigenvalue weighted by Crippen LogP contribution is 2.37. The minimum atomic E-state index is 0.800. The fourth-order valence-corrected chi connectivity index (χ4v) is 3.51. The van der Waals surface area contributed by atoms with Gasteiger partial charge in [-0.15, -0.1) is 0 Å². The van der Waals surface area contributed by atoms with Gasteiger partial charge in [-0.2, -0.15) is 0 Å². The monoisotopic (exact) mass is 345 g/mol. The Kier molecular flexibility index (Phi) is 4.32. The summed E-state index contributed by atoms with van der Waals surface area (Å²) < 4.78 is 7.23. The molecule has 1 N–H and O–H groups in total. The molecule has 0 fully saturated rings. The molecular formula is C18H20BrNO. The molecule has 2 aromatic carbocycles. The van der Waals surface area contributed by atoms with E-state index in [9.17, 15) is 0 Å². The largest absolute Gasteiger partial charge is 0.458 e. The summed E-state index contributed by atoms with van der Waals surface area (Å²) in [6, 6.07) is 10.7. The number of benzene rings is 2. The molecule has 3 rings (SSSR count). The number of halogens is 1. The third-order valence-electron chi connectivity index (χ3n) is 3.89. The topological polar surface area (TPSA) is 25.2 Å². The van der Waals surface area contributed by atoms with Crippen LogP contribution in [-0.2, 0) is 13.0 Å². The van der Waals surface area contributed by atoms with Crippen LogP contribution in [0.3, 0.4) is 0 Å². The number of furan rings is 1. The summed E-state index contributed by atoms with van der Waals surface area (Å²) in [7, 11) is 0. The lowest BCUT2D eigenvalue weighted by atomic mass is 10.0. The second-order valence-corrected chi connectivity index (χ2v) is 6.12. The van der Waals surface area contributed by atoms with Crippen LogP contribution in [0.2, 0.25) is 0 Å². The van der Waals surface area contributed by atoms with Gasteiger partial charge in [0.15, 0.2) is 0 Å². The van der Waals surface area contributed by atoms with Crippen molar-refractivity contribution < 1.29 is 4.42 Å². The zero-order valence-corrected chi connectivity index (χ0v) is 14.1. The van der Waals surface area contributed by atoms with Gasteiger partial charge in [-0.25, -0.2) is 0 Å². The van der Waals surface area contributed by atoms with E-state index < -0.39 is 0 Å². The molecular weight excluding hydrogens is 326 g/mol. The highest BCUT2D eigenvalue weighted by molar-refractivity contribution is 9.10. The number of hydrogen-bond acceptors (Lipinski definition) is 2. The van der Waals surface area contributed by atoms with Gasteiger partial charge in [0.05, 0.1) is 11.0 Å². The maximum absolute atomic E-state index is 6.17. The molecule has 0 atom stereocenters. The van der Waals surface area contributed by atoms with Gasteiger partial charge < -0.3 is 9.73 Å². The highest BCUT2D eigenvalue weighted by atomic mass is 79.9. The molecule has 0 aliphatic carbocycles. The van der Waals surface area contributed by atoms with Gasteiger partial charge in [0.2, 0.25) is 0 Å².